The number of aromatic nitrogens is 1. The van der Waals surface area contributed by atoms with Gasteiger partial charge in [-0.2, -0.15) is 0 Å². The fourth-order valence-electron chi connectivity index (χ4n) is 0.838. The van der Waals surface area contributed by atoms with Gasteiger partial charge in [-0.1, -0.05) is 6.20 Å². The van der Waals surface area contributed by atoms with E-state index in [-0.39, 0.29) is 38.3 Å². The van der Waals surface area contributed by atoms with Gasteiger partial charge in [-0.05, 0) is 0 Å². The van der Waals surface area contributed by atoms with Crippen LogP contribution < -0.4 is 11.3 Å². The first-order valence-electron chi connectivity index (χ1n) is 3.60. The summed E-state index contributed by atoms with van der Waals surface area (Å²) < 4.78 is 6.33. The molecule has 0 saturated carbocycles. The predicted octanol–water partition coefficient (Wildman–Crippen LogP) is -0.125. The van der Waals surface area contributed by atoms with E-state index in [0.717, 1.165) is 0 Å². The monoisotopic (exact) mass is 256 g/mol. The number of nitrogens with zero attached hydrogens (tertiary/aromatic N) is 1. The molecule has 0 spiro atoms. The van der Waals surface area contributed by atoms with Crippen molar-refractivity contribution < 1.29 is 37.4 Å². The molecule has 69 valence electrons. The first-order chi connectivity index (χ1) is 5.74. The number of nitrogens with two attached hydrogens (primary N) is 1. The van der Waals surface area contributed by atoms with Gasteiger partial charge >= 0.3 is 0 Å². The molecule has 0 aliphatic heterocycles. The van der Waals surface area contributed by atoms with Crippen molar-refractivity contribution in [1.82, 2.24) is 4.57 Å². The van der Waals surface area contributed by atoms with Crippen LogP contribution in [-0.4, -0.2) is 18.3 Å². The van der Waals surface area contributed by atoms with Gasteiger partial charge in [0.15, 0.2) is 5.56 Å². The van der Waals surface area contributed by atoms with Gasteiger partial charge < -0.3 is 15.0 Å². The van der Waals surface area contributed by atoms with E-state index in [4.69, 9.17) is 10.5 Å². The summed E-state index contributed by atoms with van der Waals surface area (Å²) in [5, 5.41) is 0. The van der Waals surface area contributed by atoms with Gasteiger partial charge in [-0.3, -0.25) is 4.79 Å². The van der Waals surface area contributed by atoms with Crippen LogP contribution in [0.5, 0.6) is 0 Å². The number of methoxy groups -OCH3 is 1. The van der Waals surface area contributed by atoms with Gasteiger partial charge in [0.25, 0.3) is 0 Å². The van der Waals surface area contributed by atoms with Crippen molar-refractivity contribution in [3.63, 3.8) is 0 Å². The quantitative estimate of drug-likeness (QED) is 0.767. The van der Waals surface area contributed by atoms with Crippen molar-refractivity contribution in [3.05, 3.63) is 28.7 Å². The normalized spacial score (nSPS) is 9.31. The molecule has 5 heteroatoms. The maximum atomic E-state index is 11.2. The second kappa shape index (κ2) is 6.30. The van der Waals surface area contributed by atoms with Crippen molar-refractivity contribution in [2.75, 3.05) is 19.5 Å². The molecular formula is C8H11N2O2Y-. The van der Waals surface area contributed by atoms with E-state index in [1.807, 2.05) is 0 Å². The third-order valence-corrected chi connectivity index (χ3v) is 1.49. The second-order valence-electron chi connectivity index (χ2n) is 2.40. The van der Waals surface area contributed by atoms with Crippen molar-refractivity contribution in [2.45, 2.75) is 6.54 Å². The molecule has 1 radical (unpaired) electrons. The Morgan fingerprint density at radius 3 is 2.92 bits per heavy atom. The minimum atomic E-state index is -0.122. The maximum absolute atomic E-state index is 11.2. The van der Waals surface area contributed by atoms with Crippen LogP contribution >= 0.6 is 0 Å². The molecule has 1 heterocycles. The van der Waals surface area contributed by atoms with Crippen molar-refractivity contribution in [3.8, 4) is 0 Å². The number of nitrogen functional groups attached to an aromatic ring is 1. The van der Waals surface area contributed by atoms with Crippen LogP contribution in [0.3, 0.4) is 0 Å². The summed E-state index contributed by atoms with van der Waals surface area (Å²) in [6.07, 6.45) is 1.54. The maximum Gasteiger partial charge on any atom is 0.169 e. The number of ether oxygens (including phenoxy) is 1. The Kier molecular flexibility index (Phi) is 6.21. The molecule has 1 aromatic heterocycles. The molecule has 0 bridgehead atoms. The van der Waals surface area contributed by atoms with E-state index in [1.165, 1.54) is 16.8 Å². The first-order valence-corrected chi connectivity index (χ1v) is 3.60. The van der Waals surface area contributed by atoms with Gasteiger partial charge in [0.05, 0.1) is 6.61 Å². The van der Waals surface area contributed by atoms with Gasteiger partial charge in [0, 0.05) is 46.4 Å². The van der Waals surface area contributed by atoms with Crippen LogP contribution in [0.25, 0.3) is 0 Å². The molecule has 1 aromatic rings. The molecular weight excluding hydrogens is 245 g/mol. The SMILES string of the molecule is COCCn1c[c-]c(N)cc1=O.[Y]. The number of hydrogen-bond acceptors (Lipinski definition) is 3. The summed E-state index contributed by atoms with van der Waals surface area (Å²) >= 11 is 0. The molecule has 0 fully saturated rings. The predicted molar refractivity (Wildman–Crippen MR) is 45.8 cm³/mol. The van der Waals surface area contributed by atoms with Gasteiger partial charge in [0.1, 0.15) is 0 Å². The Balaban J connectivity index is 0.00000144. The molecule has 4 nitrogen and oxygen atoms in total. The summed E-state index contributed by atoms with van der Waals surface area (Å²) in [6.45, 7) is 1.05. The van der Waals surface area contributed by atoms with Gasteiger partial charge in [0.2, 0.25) is 0 Å². The van der Waals surface area contributed by atoms with Gasteiger partial charge in [-0.15, -0.1) is 11.8 Å². The van der Waals surface area contributed by atoms with Crippen molar-refractivity contribution in [2.24, 2.45) is 0 Å². The molecule has 0 aliphatic rings. The zero-order valence-electron chi connectivity index (χ0n) is 7.49. The minimum absolute atomic E-state index is 0. The molecule has 0 aliphatic carbocycles. The molecule has 0 atom stereocenters. The molecule has 0 saturated heterocycles. The number of anilines is 1. The number of rotatable bonds is 3. The minimum Gasteiger partial charge on any atom is -0.431 e. The smallest absolute Gasteiger partial charge is 0.169 e. The summed E-state index contributed by atoms with van der Waals surface area (Å²) in [6, 6.07) is 4.08. The fraction of sp³-hybridized carbons (Fsp3) is 0.375. The zero-order chi connectivity index (χ0) is 8.97. The van der Waals surface area contributed by atoms with E-state index in [1.54, 1.807) is 7.11 Å². The average molecular weight is 256 g/mol. The molecule has 0 aromatic carbocycles. The Hall–Kier alpha value is -0.186. The Morgan fingerprint density at radius 2 is 2.38 bits per heavy atom. The van der Waals surface area contributed by atoms with E-state index in [2.05, 4.69) is 6.07 Å². The summed E-state index contributed by atoms with van der Waals surface area (Å²) in [5.74, 6) is 0. The molecule has 2 N–H and O–H groups in total. The third kappa shape index (κ3) is 4.02. The van der Waals surface area contributed by atoms with Crippen LogP contribution in [-0.2, 0) is 44.0 Å². The van der Waals surface area contributed by atoms with E-state index in [0.29, 0.717) is 18.8 Å². The van der Waals surface area contributed by atoms with Crippen LogP contribution in [0.4, 0.5) is 5.69 Å². The average Bonchev–Trinajstić information content (AvgIpc) is 2.03. The van der Waals surface area contributed by atoms with E-state index >= 15 is 0 Å². The first kappa shape index (κ1) is 12.8. The van der Waals surface area contributed by atoms with Gasteiger partial charge in [-0.25, -0.2) is 6.07 Å². The largest absolute Gasteiger partial charge is 0.431 e. The second-order valence-corrected chi connectivity index (χ2v) is 2.40. The summed E-state index contributed by atoms with van der Waals surface area (Å²) in [5.41, 5.74) is 5.60. The van der Waals surface area contributed by atoms with Crippen LogP contribution in [0.15, 0.2) is 17.1 Å². The van der Waals surface area contributed by atoms with Crippen LogP contribution in [0.1, 0.15) is 0 Å². The van der Waals surface area contributed by atoms with Crippen molar-refractivity contribution in [1.29, 1.82) is 0 Å². The standard InChI is InChI=1S/C8H11N2O2.Y/c1-12-5-4-10-3-2-7(9)6-8(10)11;/h3,6H,4-5,9H2,1H3;/q-1;. The fourth-order valence-corrected chi connectivity index (χ4v) is 0.838. The van der Waals surface area contributed by atoms with E-state index < -0.39 is 0 Å². The molecule has 13 heavy (non-hydrogen) atoms. The van der Waals surface area contributed by atoms with Crippen LogP contribution in [0.2, 0.25) is 0 Å². The third-order valence-electron chi connectivity index (χ3n) is 1.49. The number of pyridine rings is 1. The number of hydrogen-bond donors (Lipinski definition) is 1. The Labute approximate surface area is 102 Å². The molecule has 1 rings (SSSR count). The topological polar surface area (TPSA) is 57.2 Å². The Bertz CT molecular complexity index is 311. The van der Waals surface area contributed by atoms with E-state index in [9.17, 15) is 4.79 Å². The molecule has 0 amide bonds. The molecule has 0 unspecified atom stereocenters. The van der Waals surface area contributed by atoms with Crippen LogP contribution in [0, 0.1) is 6.07 Å². The van der Waals surface area contributed by atoms with Crippen molar-refractivity contribution >= 4 is 5.69 Å². The summed E-state index contributed by atoms with van der Waals surface area (Å²) in [4.78, 5) is 11.2. The zero-order valence-corrected chi connectivity index (χ0v) is 10.3. The Morgan fingerprint density at radius 1 is 1.69 bits per heavy atom. The summed E-state index contributed by atoms with van der Waals surface area (Å²) in [7, 11) is 1.59.